The number of aromatic nitrogens is 2. The highest BCUT2D eigenvalue weighted by atomic mass is 16.5. The molecule has 15 heavy (non-hydrogen) atoms. The molecule has 6 heteroatoms. The van der Waals surface area contributed by atoms with E-state index in [1.54, 1.807) is 0 Å². The molecule has 0 bridgehead atoms. The van der Waals surface area contributed by atoms with Gasteiger partial charge in [0.15, 0.2) is 0 Å². The Labute approximate surface area is 88.4 Å². The van der Waals surface area contributed by atoms with Crippen LogP contribution in [0.25, 0.3) is 0 Å². The van der Waals surface area contributed by atoms with Gasteiger partial charge in [0, 0.05) is 19.1 Å². The van der Waals surface area contributed by atoms with Crippen molar-refractivity contribution in [1.29, 1.82) is 0 Å². The van der Waals surface area contributed by atoms with Crippen molar-refractivity contribution >= 4 is 6.01 Å². The quantitative estimate of drug-likeness (QED) is 0.728. The Kier molecular flexibility index (Phi) is 3.52. The minimum atomic E-state index is 0.493. The van der Waals surface area contributed by atoms with Crippen LogP contribution in [0.2, 0.25) is 0 Å². The van der Waals surface area contributed by atoms with E-state index in [0.29, 0.717) is 24.4 Å². The Morgan fingerprint density at radius 3 is 3.13 bits per heavy atom. The molecule has 0 saturated carbocycles. The van der Waals surface area contributed by atoms with Crippen LogP contribution in [0.1, 0.15) is 12.3 Å². The van der Waals surface area contributed by atoms with Crippen LogP contribution in [0.3, 0.4) is 0 Å². The molecule has 2 heterocycles. The maximum absolute atomic E-state index is 5.35. The molecular weight excluding hydrogens is 196 g/mol. The molecule has 2 rings (SSSR count). The topological polar surface area (TPSA) is 72.2 Å². The van der Waals surface area contributed by atoms with Crippen LogP contribution in [0.4, 0.5) is 6.01 Å². The lowest BCUT2D eigenvalue weighted by molar-refractivity contribution is 0.187. The Morgan fingerprint density at radius 2 is 2.40 bits per heavy atom. The van der Waals surface area contributed by atoms with E-state index in [2.05, 4.69) is 20.8 Å². The molecular formula is C9H16N4O2. The molecule has 1 aliphatic heterocycles. The summed E-state index contributed by atoms with van der Waals surface area (Å²) in [4.78, 5) is 0. The van der Waals surface area contributed by atoms with E-state index in [9.17, 15) is 0 Å². The largest absolute Gasteiger partial charge is 0.407 e. The van der Waals surface area contributed by atoms with Gasteiger partial charge in [0.25, 0.3) is 0 Å². The summed E-state index contributed by atoms with van der Waals surface area (Å²) in [6.45, 7) is 3.12. The van der Waals surface area contributed by atoms with Crippen molar-refractivity contribution < 1.29 is 9.15 Å². The van der Waals surface area contributed by atoms with Gasteiger partial charge in [0.2, 0.25) is 5.89 Å². The third-order valence-corrected chi connectivity index (χ3v) is 2.36. The monoisotopic (exact) mass is 212 g/mol. The zero-order chi connectivity index (χ0) is 10.5. The molecule has 0 aromatic carbocycles. The first kappa shape index (κ1) is 10.4. The normalized spacial score (nSPS) is 20.7. The van der Waals surface area contributed by atoms with Crippen molar-refractivity contribution in [3.8, 4) is 0 Å². The van der Waals surface area contributed by atoms with Gasteiger partial charge in [-0.25, -0.2) is 0 Å². The average molecular weight is 212 g/mol. The summed E-state index contributed by atoms with van der Waals surface area (Å²) in [6, 6.07) is 0.493. The molecule has 0 amide bonds. The lowest BCUT2D eigenvalue weighted by atomic mass is 10.1. The maximum atomic E-state index is 5.35. The fraction of sp³-hybridized carbons (Fsp3) is 0.778. The Hall–Kier alpha value is -1.14. The van der Waals surface area contributed by atoms with E-state index in [1.807, 2.05) is 7.05 Å². The standard InChI is InChI=1S/C9H16N4O2/c1-10-5-8-12-13-9(15-8)11-4-7-2-3-14-6-7/h7,10H,2-6H2,1H3,(H,11,13). The summed E-state index contributed by atoms with van der Waals surface area (Å²) in [5, 5.41) is 13.8. The number of anilines is 1. The van der Waals surface area contributed by atoms with Crippen LogP contribution < -0.4 is 10.6 Å². The van der Waals surface area contributed by atoms with Gasteiger partial charge in [-0.1, -0.05) is 5.10 Å². The minimum absolute atomic E-state index is 0.493. The van der Waals surface area contributed by atoms with Gasteiger partial charge >= 0.3 is 6.01 Å². The number of hydrogen-bond acceptors (Lipinski definition) is 6. The van der Waals surface area contributed by atoms with Gasteiger partial charge in [-0.2, -0.15) is 0 Å². The van der Waals surface area contributed by atoms with E-state index < -0.39 is 0 Å². The van der Waals surface area contributed by atoms with E-state index in [-0.39, 0.29) is 0 Å². The number of nitrogens with one attached hydrogen (secondary N) is 2. The predicted molar refractivity (Wildman–Crippen MR) is 54.5 cm³/mol. The molecule has 84 valence electrons. The van der Waals surface area contributed by atoms with Gasteiger partial charge < -0.3 is 19.8 Å². The van der Waals surface area contributed by atoms with Crippen LogP contribution in [-0.4, -0.2) is 37.0 Å². The van der Waals surface area contributed by atoms with Gasteiger partial charge in [-0.3, -0.25) is 0 Å². The molecule has 0 aliphatic carbocycles. The molecule has 1 saturated heterocycles. The van der Waals surface area contributed by atoms with Crippen LogP contribution in [0, 0.1) is 5.92 Å². The summed E-state index contributed by atoms with van der Waals surface area (Å²) in [7, 11) is 1.84. The van der Waals surface area contributed by atoms with Gasteiger partial charge in [-0.05, 0) is 13.5 Å². The maximum Gasteiger partial charge on any atom is 0.315 e. The first-order valence-electron chi connectivity index (χ1n) is 5.17. The van der Waals surface area contributed by atoms with Crippen molar-refractivity contribution in [2.75, 3.05) is 32.1 Å². The summed E-state index contributed by atoms with van der Waals surface area (Å²) >= 11 is 0. The molecule has 1 unspecified atom stereocenters. The molecule has 1 aromatic heterocycles. The van der Waals surface area contributed by atoms with Crippen molar-refractivity contribution in [3.63, 3.8) is 0 Å². The van der Waals surface area contributed by atoms with Crippen molar-refractivity contribution in [3.05, 3.63) is 5.89 Å². The molecule has 1 aliphatic rings. The lowest BCUT2D eigenvalue weighted by Gasteiger charge is -2.05. The first-order chi connectivity index (χ1) is 7.38. The van der Waals surface area contributed by atoms with E-state index in [1.165, 1.54) is 0 Å². The third kappa shape index (κ3) is 2.90. The SMILES string of the molecule is CNCc1nnc(NCC2CCOC2)o1. The second-order valence-corrected chi connectivity index (χ2v) is 3.64. The van der Waals surface area contributed by atoms with Crippen LogP contribution >= 0.6 is 0 Å². The van der Waals surface area contributed by atoms with Crippen molar-refractivity contribution in [2.45, 2.75) is 13.0 Å². The Bertz CT molecular complexity index is 296. The second-order valence-electron chi connectivity index (χ2n) is 3.64. The van der Waals surface area contributed by atoms with Crippen LogP contribution in [0.15, 0.2) is 4.42 Å². The minimum Gasteiger partial charge on any atom is -0.407 e. The molecule has 1 fully saturated rings. The fourth-order valence-electron chi connectivity index (χ4n) is 1.52. The number of hydrogen-bond donors (Lipinski definition) is 2. The zero-order valence-corrected chi connectivity index (χ0v) is 8.82. The van der Waals surface area contributed by atoms with E-state index >= 15 is 0 Å². The Morgan fingerprint density at radius 1 is 1.47 bits per heavy atom. The molecule has 6 nitrogen and oxygen atoms in total. The summed E-state index contributed by atoms with van der Waals surface area (Å²) in [6.07, 6.45) is 1.10. The van der Waals surface area contributed by atoms with Gasteiger partial charge in [0.1, 0.15) is 0 Å². The van der Waals surface area contributed by atoms with E-state index in [4.69, 9.17) is 9.15 Å². The van der Waals surface area contributed by atoms with Crippen LogP contribution in [-0.2, 0) is 11.3 Å². The summed E-state index contributed by atoms with van der Waals surface area (Å²) < 4.78 is 10.6. The van der Waals surface area contributed by atoms with E-state index in [0.717, 1.165) is 26.2 Å². The highest BCUT2D eigenvalue weighted by Gasteiger charge is 2.16. The number of ether oxygens (including phenoxy) is 1. The lowest BCUT2D eigenvalue weighted by Crippen LogP contribution is -2.14. The molecule has 1 atom stereocenters. The second kappa shape index (κ2) is 5.09. The molecule has 1 aromatic rings. The average Bonchev–Trinajstić information content (AvgIpc) is 2.85. The molecule has 2 N–H and O–H groups in total. The number of rotatable bonds is 5. The predicted octanol–water partition coefficient (Wildman–Crippen LogP) is 0.237. The molecule has 0 spiro atoms. The highest BCUT2D eigenvalue weighted by molar-refractivity contribution is 5.16. The van der Waals surface area contributed by atoms with Crippen molar-refractivity contribution in [2.24, 2.45) is 5.92 Å². The summed E-state index contributed by atoms with van der Waals surface area (Å²) in [5.74, 6) is 1.16. The van der Waals surface area contributed by atoms with Crippen LogP contribution in [0.5, 0.6) is 0 Å². The van der Waals surface area contributed by atoms with Gasteiger partial charge in [0.05, 0.1) is 13.2 Å². The number of nitrogens with zero attached hydrogens (tertiary/aromatic N) is 2. The Balaban J connectivity index is 1.77. The third-order valence-electron chi connectivity index (χ3n) is 2.36. The zero-order valence-electron chi connectivity index (χ0n) is 8.82. The molecule has 0 radical (unpaired) electrons. The van der Waals surface area contributed by atoms with Crippen molar-refractivity contribution in [1.82, 2.24) is 15.5 Å². The highest BCUT2D eigenvalue weighted by Crippen LogP contribution is 2.13. The van der Waals surface area contributed by atoms with Gasteiger partial charge in [-0.15, -0.1) is 5.10 Å². The smallest absolute Gasteiger partial charge is 0.315 e. The first-order valence-corrected chi connectivity index (χ1v) is 5.17. The fourth-order valence-corrected chi connectivity index (χ4v) is 1.52. The summed E-state index contributed by atoms with van der Waals surface area (Å²) in [5.41, 5.74) is 0.